The normalized spacial score (nSPS) is 15.2. The van der Waals surface area contributed by atoms with E-state index in [0.29, 0.717) is 0 Å². The average Bonchev–Trinajstić information content (AvgIpc) is 2.95. The van der Waals surface area contributed by atoms with Crippen molar-refractivity contribution in [3.63, 3.8) is 0 Å². The standard InChI is InChI=1S/C22H32N4/c1-5-25(6-2)16-17-26-20-13-8-11-18-10-7-12-19(21(18)20)22(26)23-14-9-15-24(3)4/h7-8,10-13H,5-6,9,14-17H2,1-4H3. The van der Waals surface area contributed by atoms with Gasteiger partial charge in [0, 0.05) is 30.6 Å². The third-order valence-electron chi connectivity index (χ3n) is 5.23. The molecule has 1 aliphatic rings. The molecule has 0 aromatic heterocycles. The summed E-state index contributed by atoms with van der Waals surface area (Å²) in [6.45, 7) is 10.7. The van der Waals surface area contributed by atoms with Gasteiger partial charge in [-0.25, -0.2) is 0 Å². The summed E-state index contributed by atoms with van der Waals surface area (Å²) in [5.41, 5.74) is 2.61. The third-order valence-corrected chi connectivity index (χ3v) is 5.23. The molecule has 140 valence electrons. The molecular formula is C22H32N4. The minimum absolute atomic E-state index is 0.875. The molecule has 0 amide bonds. The van der Waals surface area contributed by atoms with Crippen molar-refractivity contribution in [1.82, 2.24) is 9.80 Å². The zero-order valence-electron chi connectivity index (χ0n) is 16.7. The lowest BCUT2D eigenvalue weighted by molar-refractivity contribution is 0.313. The second kappa shape index (κ2) is 8.65. The monoisotopic (exact) mass is 352 g/mol. The largest absolute Gasteiger partial charge is 0.324 e. The summed E-state index contributed by atoms with van der Waals surface area (Å²) in [4.78, 5) is 12.2. The van der Waals surface area contributed by atoms with Crippen LogP contribution in [0.1, 0.15) is 25.8 Å². The average molecular weight is 353 g/mol. The maximum absolute atomic E-state index is 5.04. The molecule has 0 N–H and O–H groups in total. The Balaban J connectivity index is 1.89. The lowest BCUT2D eigenvalue weighted by Crippen LogP contribution is -2.37. The van der Waals surface area contributed by atoms with Crippen molar-refractivity contribution in [2.75, 3.05) is 58.3 Å². The Hall–Kier alpha value is -1.91. The number of anilines is 1. The first-order chi connectivity index (χ1) is 12.7. The predicted octanol–water partition coefficient (Wildman–Crippen LogP) is 3.70. The molecule has 0 unspecified atom stereocenters. The molecule has 0 saturated heterocycles. The van der Waals surface area contributed by atoms with E-state index >= 15 is 0 Å². The molecular weight excluding hydrogens is 320 g/mol. The molecule has 2 aromatic carbocycles. The molecule has 4 nitrogen and oxygen atoms in total. The third kappa shape index (κ3) is 3.92. The lowest BCUT2D eigenvalue weighted by atomic mass is 10.1. The second-order valence-corrected chi connectivity index (χ2v) is 7.22. The summed E-state index contributed by atoms with van der Waals surface area (Å²) < 4.78 is 0. The van der Waals surface area contributed by atoms with Crippen LogP contribution in [0.5, 0.6) is 0 Å². The Morgan fingerprint density at radius 1 is 0.962 bits per heavy atom. The topological polar surface area (TPSA) is 22.1 Å². The van der Waals surface area contributed by atoms with Crippen molar-refractivity contribution >= 4 is 22.3 Å². The van der Waals surface area contributed by atoms with Gasteiger partial charge in [-0.2, -0.15) is 0 Å². The van der Waals surface area contributed by atoms with E-state index < -0.39 is 0 Å². The van der Waals surface area contributed by atoms with Crippen LogP contribution in [0.15, 0.2) is 41.4 Å². The highest BCUT2D eigenvalue weighted by Crippen LogP contribution is 2.37. The number of likely N-dealkylation sites (N-methyl/N-ethyl adjacent to an activating group) is 1. The Kier molecular flexibility index (Phi) is 6.28. The molecule has 0 saturated carbocycles. The maximum Gasteiger partial charge on any atom is 0.136 e. The fraction of sp³-hybridized carbons (Fsp3) is 0.500. The highest BCUT2D eigenvalue weighted by molar-refractivity contribution is 6.27. The molecule has 0 spiro atoms. The first kappa shape index (κ1) is 18.9. The van der Waals surface area contributed by atoms with Crippen LogP contribution in [-0.4, -0.2) is 69.0 Å². The molecule has 3 rings (SSSR count). The molecule has 4 heteroatoms. The molecule has 26 heavy (non-hydrogen) atoms. The fourth-order valence-electron chi connectivity index (χ4n) is 3.74. The van der Waals surface area contributed by atoms with Crippen molar-refractivity contribution in [3.05, 3.63) is 42.0 Å². The summed E-state index contributed by atoms with van der Waals surface area (Å²) >= 11 is 0. The quantitative estimate of drug-likeness (QED) is 0.643. The van der Waals surface area contributed by atoms with Crippen molar-refractivity contribution in [1.29, 1.82) is 0 Å². The van der Waals surface area contributed by atoms with E-state index in [9.17, 15) is 0 Å². The van der Waals surface area contributed by atoms with Gasteiger partial charge < -0.3 is 14.7 Å². The smallest absolute Gasteiger partial charge is 0.136 e. The van der Waals surface area contributed by atoms with Gasteiger partial charge in [-0.1, -0.05) is 44.2 Å². The minimum Gasteiger partial charge on any atom is -0.324 e. The highest BCUT2D eigenvalue weighted by Gasteiger charge is 2.27. The van der Waals surface area contributed by atoms with E-state index in [-0.39, 0.29) is 0 Å². The van der Waals surface area contributed by atoms with Gasteiger partial charge in [-0.15, -0.1) is 0 Å². The van der Waals surface area contributed by atoms with E-state index in [0.717, 1.165) is 51.5 Å². The van der Waals surface area contributed by atoms with Crippen LogP contribution in [0.3, 0.4) is 0 Å². The first-order valence-electron chi connectivity index (χ1n) is 9.86. The van der Waals surface area contributed by atoms with Crippen LogP contribution < -0.4 is 4.90 Å². The van der Waals surface area contributed by atoms with Crippen molar-refractivity contribution in [2.24, 2.45) is 4.99 Å². The van der Waals surface area contributed by atoms with Gasteiger partial charge in [0.2, 0.25) is 0 Å². The van der Waals surface area contributed by atoms with Gasteiger partial charge in [-0.3, -0.25) is 4.99 Å². The molecule has 2 aromatic rings. The van der Waals surface area contributed by atoms with E-state index in [1.54, 1.807) is 0 Å². The van der Waals surface area contributed by atoms with Gasteiger partial charge >= 0.3 is 0 Å². The molecule has 0 bridgehead atoms. The van der Waals surface area contributed by atoms with Crippen LogP contribution in [0.25, 0.3) is 10.8 Å². The number of nitrogens with zero attached hydrogens (tertiary/aromatic N) is 4. The Labute approximate surface area is 158 Å². The Bertz CT molecular complexity index is 757. The number of hydrogen-bond acceptors (Lipinski definition) is 3. The molecule has 0 fully saturated rings. The lowest BCUT2D eigenvalue weighted by Gasteiger charge is -2.25. The summed E-state index contributed by atoms with van der Waals surface area (Å²) in [7, 11) is 4.24. The first-order valence-corrected chi connectivity index (χ1v) is 9.86. The molecule has 0 radical (unpaired) electrons. The van der Waals surface area contributed by atoms with Gasteiger partial charge in [0.15, 0.2) is 0 Å². The number of rotatable bonds is 9. The number of hydrogen-bond donors (Lipinski definition) is 0. The second-order valence-electron chi connectivity index (χ2n) is 7.22. The zero-order chi connectivity index (χ0) is 18.5. The Morgan fingerprint density at radius 2 is 1.69 bits per heavy atom. The van der Waals surface area contributed by atoms with Crippen LogP contribution in [-0.2, 0) is 0 Å². The molecule has 0 aliphatic carbocycles. The van der Waals surface area contributed by atoms with Crippen LogP contribution in [0.2, 0.25) is 0 Å². The zero-order valence-corrected chi connectivity index (χ0v) is 16.7. The van der Waals surface area contributed by atoms with Crippen LogP contribution in [0.4, 0.5) is 5.69 Å². The summed E-state index contributed by atoms with van der Waals surface area (Å²) in [6, 6.07) is 13.2. The maximum atomic E-state index is 5.04. The van der Waals surface area contributed by atoms with E-state index in [1.165, 1.54) is 22.0 Å². The summed E-state index contributed by atoms with van der Waals surface area (Å²) in [6.07, 6.45) is 1.09. The van der Waals surface area contributed by atoms with E-state index in [4.69, 9.17) is 4.99 Å². The van der Waals surface area contributed by atoms with Gasteiger partial charge in [0.1, 0.15) is 5.84 Å². The van der Waals surface area contributed by atoms with Crippen molar-refractivity contribution in [2.45, 2.75) is 20.3 Å². The van der Waals surface area contributed by atoms with E-state index in [2.05, 4.69) is 79.0 Å². The SMILES string of the molecule is CCN(CC)CCN1C(=NCCCN(C)C)c2cccc3cccc1c23. The van der Waals surface area contributed by atoms with Crippen LogP contribution in [0, 0.1) is 0 Å². The molecule has 1 aliphatic heterocycles. The number of amidine groups is 1. The minimum atomic E-state index is 0.875. The van der Waals surface area contributed by atoms with Crippen molar-refractivity contribution < 1.29 is 0 Å². The summed E-state index contributed by atoms with van der Waals surface area (Å²) in [5, 5.41) is 2.67. The van der Waals surface area contributed by atoms with Gasteiger partial charge in [0.25, 0.3) is 0 Å². The van der Waals surface area contributed by atoms with Gasteiger partial charge in [-0.05, 0) is 51.6 Å². The molecule has 1 heterocycles. The van der Waals surface area contributed by atoms with Crippen LogP contribution >= 0.6 is 0 Å². The highest BCUT2D eigenvalue weighted by atomic mass is 15.2. The fourth-order valence-corrected chi connectivity index (χ4v) is 3.74. The van der Waals surface area contributed by atoms with Gasteiger partial charge in [0.05, 0.1) is 5.69 Å². The van der Waals surface area contributed by atoms with Crippen molar-refractivity contribution in [3.8, 4) is 0 Å². The number of benzene rings is 2. The molecule has 0 atom stereocenters. The number of aliphatic imine (C=N–C) groups is 1. The Morgan fingerprint density at radius 3 is 2.38 bits per heavy atom. The predicted molar refractivity (Wildman–Crippen MR) is 114 cm³/mol. The van der Waals surface area contributed by atoms with E-state index in [1.807, 2.05) is 0 Å². The summed E-state index contributed by atoms with van der Waals surface area (Å²) in [5.74, 6) is 1.16.